The highest BCUT2D eigenvalue weighted by Crippen LogP contribution is 2.38. The van der Waals surface area contributed by atoms with Gasteiger partial charge in [-0.3, -0.25) is 19.2 Å². The highest BCUT2D eigenvalue weighted by molar-refractivity contribution is 9.10. The topological polar surface area (TPSA) is 178 Å². The molecule has 14 nitrogen and oxygen atoms in total. The Labute approximate surface area is 270 Å². The maximum Gasteiger partial charge on any atom is 0.303 e. The quantitative estimate of drug-likeness (QED) is 0.184. The predicted octanol–water partition coefficient (Wildman–Crippen LogP) is 3.47. The maximum atomic E-state index is 12.3. The highest BCUT2D eigenvalue weighted by Gasteiger charge is 2.53. The third-order valence-corrected chi connectivity index (χ3v) is 7.69. The molecule has 2 heterocycles. The first-order valence-corrected chi connectivity index (χ1v) is 15.1. The number of carbonyl (C=O) groups excluding carboxylic acids is 4. The molecule has 4 rings (SSSR count). The molecule has 1 N–H and O–H groups in total. The number of rotatable bonds is 10. The predicted molar refractivity (Wildman–Crippen MR) is 162 cm³/mol. The number of benzene rings is 2. The van der Waals surface area contributed by atoms with E-state index in [1.54, 1.807) is 24.3 Å². The summed E-state index contributed by atoms with van der Waals surface area (Å²) in [6.07, 6.45) is -3.71. The summed E-state index contributed by atoms with van der Waals surface area (Å²) in [5.41, 5.74) is -0.110. The van der Waals surface area contributed by atoms with Crippen LogP contribution in [0, 0.1) is 0 Å². The van der Waals surface area contributed by atoms with Gasteiger partial charge in [0, 0.05) is 43.3 Å². The smallest absolute Gasteiger partial charge is 0.303 e. The molecule has 0 spiro atoms. The third-order valence-electron chi connectivity index (χ3n) is 6.12. The summed E-state index contributed by atoms with van der Waals surface area (Å²) in [6, 6.07) is 13.9. The van der Waals surface area contributed by atoms with Crippen LogP contribution in [0.2, 0.25) is 0 Å². The van der Waals surface area contributed by atoms with E-state index in [-0.39, 0.29) is 17.5 Å². The third kappa shape index (κ3) is 8.89. The monoisotopic (exact) mass is 704 g/mol. The number of thioether (sulfide) groups is 1. The van der Waals surface area contributed by atoms with Gasteiger partial charge in [-0.25, -0.2) is 0 Å². The Balaban J connectivity index is 1.80. The Kier molecular flexibility index (Phi) is 11.3. The molecule has 0 aliphatic carbocycles. The average Bonchev–Trinajstić information content (AvgIpc) is 3.37. The van der Waals surface area contributed by atoms with E-state index in [1.807, 2.05) is 18.2 Å². The van der Waals surface area contributed by atoms with E-state index in [0.717, 1.165) is 32.5 Å². The van der Waals surface area contributed by atoms with Crippen LogP contribution in [0.4, 0.5) is 0 Å². The molecule has 0 bridgehead atoms. The highest BCUT2D eigenvalue weighted by atomic mass is 79.9. The van der Waals surface area contributed by atoms with Crippen LogP contribution in [0.5, 0.6) is 5.75 Å². The molecular weight excluding hydrogens is 676 g/mol. The van der Waals surface area contributed by atoms with E-state index in [4.69, 9.17) is 23.7 Å². The Hall–Kier alpha value is -4.28. The lowest BCUT2D eigenvalue weighted by Crippen LogP contribution is -2.61. The zero-order valence-electron chi connectivity index (χ0n) is 24.5. The largest absolute Gasteiger partial charge is 0.507 e. The molecule has 0 radical (unpaired) electrons. The normalized spacial score (nSPS) is 21.2. The van der Waals surface area contributed by atoms with Gasteiger partial charge in [0.05, 0.1) is 6.21 Å². The zero-order chi connectivity index (χ0) is 32.7. The van der Waals surface area contributed by atoms with Crippen LogP contribution < -0.4 is 0 Å². The molecule has 0 amide bonds. The van der Waals surface area contributed by atoms with E-state index in [9.17, 15) is 24.3 Å². The molecule has 1 aliphatic rings. The van der Waals surface area contributed by atoms with Gasteiger partial charge in [-0.15, -0.1) is 10.2 Å². The standard InChI is InChI=1S/C29H29BrN4O10S/c1-15(35)40-14-23-24(41-16(2)36)25(42-17(3)37)26(43-18(4)38)28(44-23)45-29-33-32-27(19-8-6-5-7-9-19)34(29)31-13-20-12-21(30)10-11-22(20)39/h5-13,23-26,28,39H,14H2,1-4H3/b31-13+/t23-,24-,25+,26-,28+/m0/s1. The lowest BCUT2D eigenvalue weighted by atomic mass is 9.99. The number of aromatic nitrogens is 3. The number of esters is 4. The number of nitrogens with zero attached hydrogens (tertiary/aromatic N) is 4. The van der Waals surface area contributed by atoms with Gasteiger partial charge >= 0.3 is 23.9 Å². The van der Waals surface area contributed by atoms with Gasteiger partial charge in [0.1, 0.15) is 18.5 Å². The molecule has 16 heteroatoms. The summed E-state index contributed by atoms with van der Waals surface area (Å²) in [5, 5.41) is 23.7. The molecule has 0 unspecified atom stereocenters. The molecule has 3 aromatic rings. The summed E-state index contributed by atoms with van der Waals surface area (Å²) >= 11 is 4.30. The minimum Gasteiger partial charge on any atom is -0.507 e. The van der Waals surface area contributed by atoms with Gasteiger partial charge in [-0.2, -0.15) is 9.78 Å². The molecule has 1 aromatic heterocycles. The van der Waals surface area contributed by atoms with E-state index < -0.39 is 53.7 Å². The van der Waals surface area contributed by atoms with Crippen molar-refractivity contribution in [1.29, 1.82) is 0 Å². The van der Waals surface area contributed by atoms with E-state index in [0.29, 0.717) is 21.4 Å². The fourth-order valence-corrected chi connectivity index (χ4v) is 5.80. The van der Waals surface area contributed by atoms with E-state index in [1.165, 1.54) is 23.9 Å². The van der Waals surface area contributed by atoms with E-state index in [2.05, 4.69) is 31.2 Å². The minimum atomic E-state index is -1.35. The van der Waals surface area contributed by atoms with Crippen LogP contribution in [-0.4, -0.2) is 86.5 Å². The minimum absolute atomic E-state index is 0.0231. The second kappa shape index (κ2) is 15.1. The molecule has 238 valence electrons. The molecule has 5 atom stereocenters. The molecular formula is C29H29BrN4O10S. The second-order valence-electron chi connectivity index (χ2n) is 9.62. The summed E-state index contributed by atoms with van der Waals surface area (Å²) in [4.78, 5) is 48.2. The number of ether oxygens (including phenoxy) is 5. The lowest BCUT2D eigenvalue weighted by Gasteiger charge is -2.43. The molecule has 1 saturated heterocycles. The number of phenolic OH excluding ortho intramolecular Hbond substituents is 1. The molecule has 2 aromatic carbocycles. The number of hydrogen-bond donors (Lipinski definition) is 1. The van der Waals surface area contributed by atoms with Crippen LogP contribution in [0.25, 0.3) is 11.4 Å². The van der Waals surface area contributed by atoms with Gasteiger partial charge in [-0.05, 0) is 30.0 Å². The lowest BCUT2D eigenvalue weighted by molar-refractivity contribution is -0.237. The Morgan fingerprint density at radius 2 is 1.58 bits per heavy atom. The first-order valence-electron chi connectivity index (χ1n) is 13.4. The number of hydrogen-bond acceptors (Lipinski definition) is 14. The van der Waals surface area contributed by atoms with Crippen molar-refractivity contribution in [2.24, 2.45) is 5.10 Å². The summed E-state index contributed by atoms with van der Waals surface area (Å²) < 4.78 is 30.0. The zero-order valence-corrected chi connectivity index (χ0v) is 26.9. The first kappa shape index (κ1) is 33.6. The van der Waals surface area contributed by atoms with Gasteiger partial charge in [0.15, 0.2) is 29.6 Å². The number of carbonyl (C=O) groups is 4. The van der Waals surface area contributed by atoms with Gasteiger partial charge in [0.25, 0.3) is 0 Å². The summed E-state index contributed by atoms with van der Waals surface area (Å²) in [5.74, 6) is -2.55. The molecule has 1 fully saturated rings. The Morgan fingerprint density at radius 1 is 0.933 bits per heavy atom. The SMILES string of the molecule is CC(=O)OC[C@@H]1O[C@H](Sc2nnc(-c3ccccc3)n2/N=C/c2cc(Br)ccc2O)[C@@H](OC(C)=O)[C@H](OC(C)=O)[C@H]1OC(C)=O. The van der Waals surface area contributed by atoms with Crippen molar-refractivity contribution in [1.82, 2.24) is 14.9 Å². The van der Waals surface area contributed by atoms with Crippen LogP contribution in [0.3, 0.4) is 0 Å². The van der Waals surface area contributed by atoms with Crippen molar-refractivity contribution in [2.45, 2.75) is 62.7 Å². The average molecular weight is 706 g/mol. The van der Waals surface area contributed by atoms with Gasteiger partial charge < -0.3 is 28.8 Å². The van der Waals surface area contributed by atoms with Crippen LogP contribution >= 0.6 is 27.7 Å². The van der Waals surface area contributed by atoms with Crippen molar-refractivity contribution in [3.63, 3.8) is 0 Å². The second-order valence-corrected chi connectivity index (χ2v) is 11.6. The summed E-state index contributed by atoms with van der Waals surface area (Å²) in [6.45, 7) is 4.25. The number of halogens is 1. The van der Waals surface area contributed by atoms with Crippen LogP contribution in [0.15, 0.2) is 63.3 Å². The van der Waals surface area contributed by atoms with Crippen molar-refractivity contribution < 1.29 is 48.0 Å². The van der Waals surface area contributed by atoms with Crippen molar-refractivity contribution in [3.05, 3.63) is 58.6 Å². The van der Waals surface area contributed by atoms with Gasteiger partial charge in [0.2, 0.25) is 5.16 Å². The molecule has 1 aliphatic heterocycles. The maximum absolute atomic E-state index is 12.3. The van der Waals surface area contributed by atoms with Crippen molar-refractivity contribution in [3.8, 4) is 17.1 Å². The molecule has 45 heavy (non-hydrogen) atoms. The Bertz CT molecular complexity index is 1580. The number of phenols is 1. The molecule has 0 saturated carbocycles. The van der Waals surface area contributed by atoms with Crippen LogP contribution in [-0.2, 0) is 42.9 Å². The summed E-state index contributed by atoms with van der Waals surface area (Å²) in [7, 11) is 0. The fourth-order valence-electron chi connectivity index (χ4n) is 4.35. The van der Waals surface area contributed by atoms with Crippen molar-refractivity contribution in [2.75, 3.05) is 6.61 Å². The van der Waals surface area contributed by atoms with E-state index >= 15 is 0 Å². The first-order chi connectivity index (χ1) is 21.4. The number of aromatic hydroxyl groups is 1. The van der Waals surface area contributed by atoms with Gasteiger partial charge in [-0.1, -0.05) is 46.3 Å². The van der Waals surface area contributed by atoms with Crippen LogP contribution in [0.1, 0.15) is 33.3 Å². The Morgan fingerprint density at radius 3 is 2.22 bits per heavy atom. The van der Waals surface area contributed by atoms with Crippen molar-refractivity contribution >= 4 is 57.8 Å². The fraction of sp³-hybridized carbons (Fsp3) is 0.345.